The molecular formula is C14H24N3O. The molecule has 18 heavy (non-hydrogen) atoms. The molecule has 1 aromatic rings. The Morgan fingerprint density at radius 1 is 1.28 bits per heavy atom. The molecular weight excluding hydrogens is 226 g/mol. The third-order valence-electron chi connectivity index (χ3n) is 3.22. The summed E-state index contributed by atoms with van der Waals surface area (Å²) in [5, 5.41) is 0. The van der Waals surface area contributed by atoms with Crippen LogP contribution in [-0.2, 0) is 11.3 Å². The third-order valence-corrected chi connectivity index (χ3v) is 3.22. The molecule has 1 radical (unpaired) electrons. The number of rotatable bonds is 5. The van der Waals surface area contributed by atoms with Crippen LogP contribution in [0.15, 0.2) is 0 Å². The lowest BCUT2D eigenvalue weighted by Gasteiger charge is -2.31. The molecule has 0 unspecified atom stereocenters. The summed E-state index contributed by atoms with van der Waals surface area (Å²) < 4.78 is 1.92. The molecule has 0 saturated carbocycles. The number of hydrogen-bond acceptors (Lipinski definition) is 2. The van der Waals surface area contributed by atoms with E-state index in [1.54, 1.807) is 0 Å². The van der Waals surface area contributed by atoms with E-state index in [9.17, 15) is 4.79 Å². The number of carbonyl (C=O) groups is 1. The molecule has 0 aromatic carbocycles. The predicted molar refractivity (Wildman–Crippen MR) is 72.3 cm³/mol. The zero-order valence-electron chi connectivity index (χ0n) is 12.3. The summed E-state index contributed by atoms with van der Waals surface area (Å²) in [6.07, 6.45) is 3.43. The van der Waals surface area contributed by atoms with Gasteiger partial charge in [0.1, 0.15) is 0 Å². The highest BCUT2D eigenvalue weighted by Gasteiger charge is 2.19. The van der Waals surface area contributed by atoms with Crippen LogP contribution in [0, 0.1) is 20.2 Å². The Labute approximate surface area is 110 Å². The summed E-state index contributed by atoms with van der Waals surface area (Å²) in [4.78, 5) is 18.2. The second-order valence-electron chi connectivity index (χ2n) is 5.27. The van der Waals surface area contributed by atoms with Crippen molar-refractivity contribution < 1.29 is 4.79 Å². The fourth-order valence-electron chi connectivity index (χ4n) is 2.21. The first-order valence-electron chi connectivity index (χ1n) is 6.57. The first-order valence-corrected chi connectivity index (χ1v) is 6.57. The van der Waals surface area contributed by atoms with Gasteiger partial charge in [-0.2, -0.15) is 0 Å². The Hall–Kier alpha value is -1.32. The molecule has 0 fully saturated rings. The highest BCUT2D eigenvalue weighted by molar-refractivity contribution is 5.76. The average molecular weight is 250 g/mol. The molecule has 1 heterocycles. The van der Waals surface area contributed by atoms with Crippen LogP contribution in [0.3, 0.4) is 0 Å². The monoisotopic (exact) mass is 250 g/mol. The Balaban J connectivity index is 2.63. The summed E-state index contributed by atoms with van der Waals surface area (Å²) >= 11 is 0. The summed E-state index contributed by atoms with van der Waals surface area (Å²) in [6.45, 7) is 12.8. The number of aryl methyl sites for hydroxylation is 2. The number of imidazole rings is 1. The second-order valence-corrected chi connectivity index (χ2v) is 5.27. The van der Waals surface area contributed by atoms with Gasteiger partial charge in [-0.05, 0) is 41.5 Å². The van der Waals surface area contributed by atoms with E-state index in [1.165, 1.54) is 0 Å². The van der Waals surface area contributed by atoms with Crippen LogP contribution in [0.4, 0.5) is 0 Å². The lowest BCUT2D eigenvalue weighted by atomic mass is 10.2. The molecule has 1 amide bonds. The van der Waals surface area contributed by atoms with Crippen LogP contribution < -0.4 is 0 Å². The minimum atomic E-state index is 0.194. The molecule has 0 aliphatic rings. The molecule has 0 atom stereocenters. The summed E-state index contributed by atoms with van der Waals surface area (Å²) in [6, 6.07) is 0.485. The van der Waals surface area contributed by atoms with Gasteiger partial charge in [-0.25, -0.2) is 4.98 Å². The largest absolute Gasteiger partial charge is 0.338 e. The maximum atomic E-state index is 12.2. The molecule has 0 spiro atoms. The minimum Gasteiger partial charge on any atom is -0.338 e. The van der Waals surface area contributed by atoms with E-state index >= 15 is 0 Å². The number of nitrogens with zero attached hydrogens (tertiary/aromatic N) is 3. The summed E-state index contributed by atoms with van der Waals surface area (Å²) in [5.41, 5.74) is 2.07. The van der Waals surface area contributed by atoms with Gasteiger partial charge in [-0.15, -0.1) is 0 Å². The molecule has 0 bridgehead atoms. The van der Waals surface area contributed by atoms with Crippen molar-refractivity contribution in [3.63, 3.8) is 0 Å². The van der Waals surface area contributed by atoms with Gasteiger partial charge in [-0.1, -0.05) is 0 Å². The summed E-state index contributed by atoms with van der Waals surface area (Å²) in [7, 11) is 0. The molecule has 101 valence electrons. The van der Waals surface area contributed by atoms with Crippen molar-refractivity contribution in [3.8, 4) is 0 Å². The van der Waals surface area contributed by atoms with Crippen LogP contribution in [0.2, 0.25) is 0 Å². The highest BCUT2D eigenvalue weighted by Crippen LogP contribution is 2.10. The van der Waals surface area contributed by atoms with Crippen molar-refractivity contribution in [1.29, 1.82) is 0 Å². The number of hydrogen-bond donors (Lipinski definition) is 0. The van der Waals surface area contributed by atoms with Crippen molar-refractivity contribution in [3.05, 3.63) is 17.7 Å². The van der Waals surface area contributed by atoms with E-state index in [1.807, 2.05) is 23.3 Å². The first kappa shape index (κ1) is 14.7. The lowest BCUT2D eigenvalue weighted by Crippen LogP contribution is -2.42. The van der Waals surface area contributed by atoms with Gasteiger partial charge in [-0.3, -0.25) is 4.79 Å². The maximum Gasteiger partial charge on any atom is 0.224 e. The van der Waals surface area contributed by atoms with Gasteiger partial charge in [0.15, 0.2) is 6.33 Å². The van der Waals surface area contributed by atoms with E-state index in [4.69, 9.17) is 0 Å². The zero-order valence-corrected chi connectivity index (χ0v) is 12.3. The Morgan fingerprint density at radius 2 is 1.83 bits per heavy atom. The number of carbonyl (C=O) groups excluding carboxylic acids is 1. The van der Waals surface area contributed by atoms with Gasteiger partial charge >= 0.3 is 0 Å². The maximum absolute atomic E-state index is 12.2. The van der Waals surface area contributed by atoms with Crippen molar-refractivity contribution in [2.45, 2.75) is 66.6 Å². The van der Waals surface area contributed by atoms with Crippen LogP contribution >= 0.6 is 0 Å². The SMILES string of the molecule is Cc1n[c]n(CCC(=O)N(C(C)C)C(C)C)c1C. The van der Waals surface area contributed by atoms with Crippen LogP contribution in [0.5, 0.6) is 0 Å². The van der Waals surface area contributed by atoms with E-state index in [0.717, 1.165) is 11.4 Å². The van der Waals surface area contributed by atoms with Crippen LogP contribution in [0.1, 0.15) is 45.5 Å². The van der Waals surface area contributed by atoms with Crippen molar-refractivity contribution in [2.75, 3.05) is 0 Å². The minimum absolute atomic E-state index is 0.194. The zero-order chi connectivity index (χ0) is 13.9. The van der Waals surface area contributed by atoms with E-state index in [0.29, 0.717) is 13.0 Å². The van der Waals surface area contributed by atoms with Gasteiger partial charge in [0.2, 0.25) is 5.91 Å². The third kappa shape index (κ3) is 3.34. The number of amides is 1. The Morgan fingerprint density at radius 3 is 2.22 bits per heavy atom. The molecule has 1 aromatic heterocycles. The molecule has 1 rings (SSSR count). The average Bonchev–Trinajstić information content (AvgIpc) is 2.56. The molecule has 4 nitrogen and oxygen atoms in total. The second kappa shape index (κ2) is 6.03. The smallest absolute Gasteiger partial charge is 0.224 e. The molecule has 0 aliphatic carbocycles. The highest BCUT2D eigenvalue weighted by atomic mass is 16.2. The van der Waals surface area contributed by atoms with Crippen molar-refractivity contribution in [2.24, 2.45) is 0 Å². The van der Waals surface area contributed by atoms with Crippen molar-refractivity contribution >= 4 is 5.91 Å². The van der Waals surface area contributed by atoms with Gasteiger partial charge < -0.3 is 9.47 Å². The van der Waals surface area contributed by atoms with E-state index < -0.39 is 0 Å². The Bertz CT molecular complexity index is 399. The lowest BCUT2D eigenvalue weighted by molar-refractivity contribution is -0.135. The van der Waals surface area contributed by atoms with Crippen LogP contribution in [0.25, 0.3) is 0 Å². The van der Waals surface area contributed by atoms with Crippen LogP contribution in [-0.4, -0.2) is 32.4 Å². The normalized spacial score (nSPS) is 11.3. The first-order chi connectivity index (χ1) is 8.34. The number of aromatic nitrogens is 2. The fraction of sp³-hybridized carbons (Fsp3) is 0.714. The van der Waals surface area contributed by atoms with Gasteiger partial charge in [0.05, 0.1) is 5.69 Å². The summed E-state index contributed by atoms with van der Waals surface area (Å²) in [5.74, 6) is 0.194. The molecule has 0 saturated heterocycles. The molecule has 4 heteroatoms. The quantitative estimate of drug-likeness (QED) is 0.804. The van der Waals surface area contributed by atoms with Gasteiger partial charge in [0.25, 0.3) is 0 Å². The van der Waals surface area contributed by atoms with E-state index in [-0.39, 0.29) is 18.0 Å². The van der Waals surface area contributed by atoms with Crippen molar-refractivity contribution in [1.82, 2.24) is 14.5 Å². The van der Waals surface area contributed by atoms with E-state index in [2.05, 4.69) is 39.0 Å². The topological polar surface area (TPSA) is 38.1 Å². The predicted octanol–water partition coefficient (Wildman–Crippen LogP) is 2.34. The fourth-order valence-corrected chi connectivity index (χ4v) is 2.21. The molecule has 0 N–H and O–H groups in total. The van der Waals surface area contributed by atoms with Gasteiger partial charge in [0, 0.05) is 30.7 Å². The standard InChI is InChI=1S/C14H24N3O/c1-10(2)17(11(3)4)14(18)7-8-16-9-15-12(5)13(16)6/h10-11H,7-8H2,1-6H3. The molecule has 0 aliphatic heterocycles. The Kier molecular flexibility index (Phi) is 4.93.